The molecule has 20 heavy (non-hydrogen) atoms. The fourth-order valence-electron chi connectivity index (χ4n) is 2.75. The number of anilines is 1. The Morgan fingerprint density at radius 2 is 2.15 bits per heavy atom. The molecule has 1 heterocycles. The van der Waals surface area contributed by atoms with E-state index in [4.69, 9.17) is 0 Å². The standard InChI is InChI=1S/C16H25N3O/c1-4-17-15-10-6-5-9-14(15)16(20)19-11-7-8-13(12-19)18(2)3/h5-6,9-10,13,17H,4,7-8,11-12H2,1-3H3. The molecule has 0 aromatic heterocycles. The van der Waals surface area contributed by atoms with Crippen molar-refractivity contribution in [2.45, 2.75) is 25.8 Å². The van der Waals surface area contributed by atoms with Gasteiger partial charge in [-0.25, -0.2) is 0 Å². The smallest absolute Gasteiger partial charge is 0.256 e. The third-order valence-corrected chi connectivity index (χ3v) is 3.94. The van der Waals surface area contributed by atoms with E-state index in [1.807, 2.05) is 36.1 Å². The van der Waals surface area contributed by atoms with Crippen LogP contribution < -0.4 is 5.32 Å². The number of carbonyl (C=O) groups excluding carboxylic acids is 1. The molecule has 1 aliphatic heterocycles. The van der Waals surface area contributed by atoms with E-state index in [-0.39, 0.29) is 5.91 Å². The van der Waals surface area contributed by atoms with Gasteiger partial charge in [-0.2, -0.15) is 0 Å². The van der Waals surface area contributed by atoms with E-state index in [0.717, 1.165) is 37.3 Å². The number of hydrogen-bond donors (Lipinski definition) is 1. The molecule has 1 fully saturated rings. The molecule has 0 bridgehead atoms. The molecule has 1 aromatic rings. The summed E-state index contributed by atoms with van der Waals surface area (Å²) >= 11 is 0. The van der Waals surface area contributed by atoms with Crippen molar-refractivity contribution < 1.29 is 4.79 Å². The van der Waals surface area contributed by atoms with Crippen LogP contribution in [0.15, 0.2) is 24.3 Å². The van der Waals surface area contributed by atoms with Crippen LogP contribution in [0, 0.1) is 0 Å². The lowest BCUT2D eigenvalue weighted by molar-refractivity contribution is 0.0636. The first-order chi connectivity index (χ1) is 9.63. The van der Waals surface area contributed by atoms with Crippen molar-refractivity contribution in [3.05, 3.63) is 29.8 Å². The topological polar surface area (TPSA) is 35.6 Å². The second-order valence-electron chi connectivity index (χ2n) is 5.59. The summed E-state index contributed by atoms with van der Waals surface area (Å²) in [5, 5.41) is 3.27. The van der Waals surface area contributed by atoms with Gasteiger partial charge in [-0.1, -0.05) is 12.1 Å². The second-order valence-corrected chi connectivity index (χ2v) is 5.59. The number of rotatable bonds is 4. The quantitative estimate of drug-likeness (QED) is 0.915. The van der Waals surface area contributed by atoms with Crippen LogP contribution in [0.1, 0.15) is 30.1 Å². The van der Waals surface area contributed by atoms with Crippen LogP contribution in [0.4, 0.5) is 5.69 Å². The lowest BCUT2D eigenvalue weighted by atomic mass is 10.0. The summed E-state index contributed by atoms with van der Waals surface area (Å²) in [5.74, 6) is 0.146. The maximum Gasteiger partial charge on any atom is 0.256 e. The molecule has 1 atom stereocenters. The molecule has 1 saturated heterocycles. The number of nitrogens with one attached hydrogen (secondary N) is 1. The van der Waals surface area contributed by atoms with Crippen LogP contribution in [0.25, 0.3) is 0 Å². The lowest BCUT2D eigenvalue weighted by Crippen LogP contribution is -2.47. The monoisotopic (exact) mass is 275 g/mol. The van der Waals surface area contributed by atoms with Crippen LogP contribution in [0.5, 0.6) is 0 Å². The minimum Gasteiger partial charge on any atom is -0.385 e. The average Bonchev–Trinajstić information content (AvgIpc) is 2.47. The maximum absolute atomic E-state index is 12.7. The van der Waals surface area contributed by atoms with E-state index in [1.54, 1.807) is 0 Å². The SMILES string of the molecule is CCNc1ccccc1C(=O)N1CCCC(N(C)C)C1. The zero-order valence-corrected chi connectivity index (χ0v) is 12.7. The zero-order chi connectivity index (χ0) is 14.5. The van der Waals surface area contributed by atoms with Gasteiger partial charge in [0.25, 0.3) is 5.91 Å². The summed E-state index contributed by atoms with van der Waals surface area (Å²) in [7, 11) is 4.18. The van der Waals surface area contributed by atoms with Gasteiger partial charge < -0.3 is 15.1 Å². The molecule has 4 nitrogen and oxygen atoms in total. The summed E-state index contributed by atoms with van der Waals surface area (Å²) in [4.78, 5) is 16.9. The number of hydrogen-bond acceptors (Lipinski definition) is 3. The highest BCUT2D eigenvalue weighted by atomic mass is 16.2. The molecule has 110 valence electrons. The van der Waals surface area contributed by atoms with E-state index in [9.17, 15) is 4.79 Å². The van der Waals surface area contributed by atoms with Crippen molar-refractivity contribution in [3.63, 3.8) is 0 Å². The van der Waals surface area contributed by atoms with Gasteiger partial charge in [0.2, 0.25) is 0 Å². The molecule has 1 N–H and O–H groups in total. The van der Waals surface area contributed by atoms with E-state index in [2.05, 4.69) is 24.3 Å². The van der Waals surface area contributed by atoms with Gasteiger partial charge in [-0.3, -0.25) is 4.79 Å². The van der Waals surface area contributed by atoms with Crippen molar-refractivity contribution in [1.29, 1.82) is 0 Å². The fourth-order valence-corrected chi connectivity index (χ4v) is 2.75. The van der Waals surface area contributed by atoms with Gasteiger partial charge in [0.1, 0.15) is 0 Å². The predicted molar refractivity (Wildman–Crippen MR) is 83.2 cm³/mol. The Morgan fingerprint density at radius 3 is 2.85 bits per heavy atom. The summed E-state index contributed by atoms with van der Waals surface area (Å²) in [6.45, 7) is 4.56. The third kappa shape index (κ3) is 3.31. The predicted octanol–water partition coefficient (Wildman–Crippen LogP) is 2.28. The highest BCUT2D eigenvalue weighted by Crippen LogP contribution is 2.21. The first kappa shape index (κ1) is 14.9. The van der Waals surface area contributed by atoms with Crippen LogP contribution in [0.2, 0.25) is 0 Å². The van der Waals surface area contributed by atoms with Gasteiger partial charge in [-0.15, -0.1) is 0 Å². The molecule has 1 aliphatic rings. The Kier molecular flexibility index (Phi) is 5.01. The highest BCUT2D eigenvalue weighted by molar-refractivity contribution is 5.99. The first-order valence-electron chi connectivity index (χ1n) is 7.42. The Labute approximate surface area is 121 Å². The number of amides is 1. The Balaban J connectivity index is 2.14. The van der Waals surface area contributed by atoms with Gasteiger partial charge in [0.15, 0.2) is 0 Å². The molecule has 0 aliphatic carbocycles. The third-order valence-electron chi connectivity index (χ3n) is 3.94. The normalized spacial score (nSPS) is 19.2. The molecule has 1 amide bonds. The first-order valence-corrected chi connectivity index (χ1v) is 7.42. The van der Waals surface area contributed by atoms with Crippen molar-refractivity contribution >= 4 is 11.6 Å². The Bertz CT molecular complexity index is 459. The summed E-state index contributed by atoms with van der Waals surface area (Å²) in [6, 6.07) is 8.26. The average molecular weight is 275 g/mol. The van der Waals surface area contributed by atoms with E-state index >= 15 is 0 Å². The number of likely N-dealkylation sites (tertiary alicyclic amines) is 1. The van der Waals surface area contributed by atoms with Gasteiger partial charge in [-0.05, 0) is 46.0 Å². The number of benzene rings is 1. The Morgan fingerprint density at radius 1 is 1.40 bits per heavy atom. The molecular weight excluding hydrogens is 250 g/mol. The molecule has 2 rings (SSSR count). The van der Waals surface area contributed by atoms with Gasteiger partial charge in [0.05, 0.1) is 5.56 Å². The van der Waals surface area contributed by atoms with Crippen molar-refractivity contribution in [2.75, 3.05) is 39.0 Å². The molecule has 1 aromatic carbocycles. The second kappa shape index (κ2) is 6.75. The molecule has 0 saturated carbocycles. The van der Waals surface area contributed by atoms with Crippen LogP contribution in [-0.4, -0.2) is 55.5 Å². The summed E-state index contributed by atoms with van der Waals surface area (Å²) < 4.78 is 0. The minimum atomic E-state index is 0.146. The van der Waals surface area contributed by atoms with Crippen molar-refractivity contribution in [3.8, 4) is 0 Å². The van der Waals surface area contributed by atoms with E-state index in [0.29, 0.717) is 6.04 Å². The van der Waals surface area contributed by atoms with E-state index in [1.165, 1.54) is 6.42 Å². The number of likely N-dealkylation sites (N-methyl/N-ethyl adjacent to an activating group) is 1. The van der Waals surface area contributed by atoms with Crippen LogP contribution >= 0.6 is 0 Å². The number of para-hydroxylation sites is 1. The molecule has 4 heteroatoms. The lowest BCUT2D eigenvalue weighted by Gasteiger charge is -2.36. The Hall–Kier alpha value is -1.55. The van der Waals surface area contributed by atoms with Crippen molar-refractivity contribution in [1.82, 2.24) is 9.80 Å². The van der Waals surface area contributed by atoms with Gasteiger partial charge in [0, 0.05) is 31.4 Å². The largest absolute Gasteiger partial charge is 0.385 e. The molecule has 0 radical (unpaired) electrons. The molecule has 0 spiro atoms. The van der Waals surface area contributed by atoms with Crippen molar-refractivity contribution in [2.24, 2.45) is 0 Å². The van der Waals surface area contributed by atoms with Crippen LogP contribution in [0.3, 0.4) is 0 Å². The molecule has 1 unspecified atom stereocenters. The van der Waals surface area contributed by atoms with Crippen LogP contribution in [-0.2, 0) is 0 Å². The van der Waals surface area contributed by atoms with E-state index < -0.39 is 0 Å². The maximum atomic E-state index is 12.7. The molecular formula is C16H25N3O. The summed E-state index contributed by atoms with van der Waals surface area (Å²) in [6.07, 6.45) is 2.25. The summed E-state index contributed by atoms with van der Waals surface area (Å²) in [5.41, 5.74) is 1.72. The zero-order valence-electron chi connectivity index (χ0n) is 12.7. The number of nitrogens with zero attached hydrogens (tertiary/aromatic N) is 2. The highest BCUT2D eigenvalue weighted by Gasteiger charge is 2.26. The minimum absolute atomic E-state index is 0.146. The van der Waals surface area contributed by atoms with Gasteiger partial charge >= 0.3 is 0 Å². The number of piperidine rings is 1. The fraction of sp³-hybridized carbons (Fsp3) is 0.562. The number of carbonyl (C=O) groups is 1.